The molecule has 1 rings (SSSR count). The maximum Gasteiger partial charge on any atom is 0.0501 e. The topological polar surface area (TPSA) is 50.1 Å². The lowest BCUT2D eigenvalue weighted by Crippen LogP contribution is -2.28. The summed E-state index contributed by atoms with van der Waals surface area (Å²) < 4.78 is 1.21. The molecule has 0 unspecified atom stereocenters. The Bertz CT molecular complexity index is 197. The van der Waals surface area contributed by atoms with Gasteiger partial charge in [0.25, 0.3) is 0 Å². The third-order valence-electron chi connectivity index (χ3n) is 1.06. The van der Waals surface area contributed by atoms with Gasteiger partial charge in [0, 0.05) is 3.57 Å². The molecule has 0 fully saturated rings. The van der Waals surface area contributed by atoms with Gasteiger partial charge >= 0.3 is 0 Å². The van der Waals surface area contributed by atoms with E-state index in [0.29, 0.717) is 0 Å². The lowest BCUT2D eigenvalue weighted by molar-refractivity contribution is 0.876. The van der Waals surface area contributed by atoms with E-state index >= 15 is 0 Å². The standard InChI is InChI=1S/C6H8IN3/c7-5-1-3-6(4-2-5)9-10-8/h1-4,9-10H,8H2. The first-order chi connectivity index (χ1) is 4.83. The first-order valence-corrected chi connectivity index (χ1v) is 3.88. The smallest absolute Gasteiger partial charge is 0.0501 e. The minimum Gasteiger partial charge on any atom is -0.308 e. The van der Waals surface area contributed by atoms with Crippen LogP contribution in [0.2, 0.25) is 0 Å². The average Bonchev–Trinajstić information content (AvgIpc) is 1.95. The van der Waals surface area contributed by atoms with Crippen molar-refractivity contribution in [1.29, 1.82) is 0 Å². The highest BCUT2D eigenvalue weighted by molar-refractivity contribution is 14.1. The molecule has 0 aliphatic carbocycles. The average molecular weight is 249 g/mol. The van der Waals surface area contributed by atoms with Gasteiger partial charge in [-0.3, -0.25) is 5.84 Å². The van der Waals surface area contributed by atoms with E-state index in [1.54, 1.807) is 0 Å². The highest BCUT2D eigenvalue weighted by atomic mass is 127. The molecule has 0 spiro atoms. The van der Waals surface area contributed by atoms with Crippen LogP contribution in [0.3, 0.4) is 0 Å². The van der Waals surface area contributed by atoms with Crippen LogP contribution < -0.4 is 16.8 Å². The fourth-order valence-electron chi connectivity index (χ4n) is 0.617. The minimum absolute atomic E-state index is 0.961. The van der Waals surface area contributed by atoms with Gasteiger partial charge in [-0.05, 0) is 46.9 Å². The van der Waals surface area contributed by atoms with Gasteiger partial charge in [0.1, 0.15) is 0 Å². The Morgan fingerprint density at radius 1 is 1.20 bits per heavy atom. The van der Waals surface area contributed by atoms with Crippen molar-refractivity contribution >= 4 is 28.3 Å². The summed E-state index contributed by atoms with van der Waals surface area (Å²) in [5.74, 6) is 5.04. The van der Waals surface area contributed by atoms with Crippen LogP contribution in [-0.4, -0.2) is 0 Å². The molecule has 0 aliphatic rings. The van der Waals surface area contributed by atoms with Crippen molar-refractivity contribution < 1.29 is 0 Å². The van der Waals surface area contributed by atoms with Crippen LogP contribution in [-0.2, 0) is 0 Å². The Morgan fingerprint density at radius 3 is 2.30 bits per heavy atom. The number of nitrogens with one attached hydrogen (secondary N) is 2. The lowest BCUT2D eigenvalue weighted by atomic mass is 10.3. The van der Waals surface area contributed by atoms with E-state index in [0.717, 1.165) is 5.69 Å². The highest BCUT2D eigenvalue weighted by Crippen LogP contribution is 2.09. The molecule has 0 aromatic heterocycles. The van der Waals surface area contributed by atoms with Crippen molar-refractivity contribution in [3.8, 4) is 0 Å². The Kier molecular flexibility index (Phi) is 2.91. The molecule has 0 aliphatic heterocycles. The summed E-state index contributed by atoms with van der Waals surface area (Å²) in [6.07, 6.45) is 0. The largest absolute Gasteiger partial charge is 0.308 e. The second-order valence-corrected chi connectivity index (χ2v) is 3.02. The van der Waals surface area contributed by atoms with Gasteiger partial charge < -0.3 is 5.43 Å². The summed E-state index contributed by atoms with van der Waals surface area (Å²) in [5, 5.41) is 0. The van der Waals surface area contributed by atoms with E-state index in [9.17, 15) is 0 Å². The first-order valence-electron chi connectivity index (χ1n) is 2.80. The van der Waals surface area contributed by atoms with E-state index in [1.807, 2.05) is 24.3 Å². The Morgan fingerprint density at radius 2 is 1.80 bits per heavy atom. The van der Waals surface area contributed by atoms with Crippen molar-refractivity contribution in [3.63, 3.8) is 0 Å². The van der Waals surface area contributed by atoms with E-state index in [4.69, 9.17) is 5.84 Å². The van der Waals surface area contributed by atoms with E-state index in [2.05, 4.69) is 33.6 Å². The lowest BCUT2D eigenvalue weighted by Gasteiger charge is -2.01. The zero-order chi connectivity index (χ0) is 7.40. The number of halogens is 1. The SMILES string of the molecule is NNNc1ccc(I)cc1. The summed E-state index contributed by atoms with van der Waals surface area (Å²) >= 11 is 2.25. The van der Waals surface area contributed by atoms with Crippen LogP contribution in [0, 0.1) is 3.57 Å². The molecule has 0 radical (unpaired) electrons. The van der Waals surface area contributed by atoms with Crippen LogP contribution in [0.25, 0.3) is 0 Å². The summed E-state index contributed by atoms with van der Waals surface area (Å²) in [7, 11) is 0. The van der Waals surface area contributed by atoms with E-state index in [-0.39, 0.29) is 0 Å². The van der Waals surface area contributed by atoms with Crippen LogP contribution in [0.15, 0.2) is 24.3 Å². The molecule has 0 saturated heterocycles. The molecule has 0 amide bonds. The molecule has 1 aromatic rings. The van der Waals surface area contributed by atoms with Gasteiger partial charge in [0.05, 0.1) is 5.69 Å². The maximum absolute atomic E-state index is 5.04. The molecule has 0 saturated carbocycles. The van der Waals surface area contributed by atoms with Crippen molar-refractivity contribution in [2.45, 2.75) is 0 Å². The fraction of sp³-hybridized carbons (Fsp3) is 0. The number of nitrogens with two attached hydrogens (primary N) is 1. The van der Waals surface area contributed by atoms with Gasteiger partial charge in [0.2, 0.25) is 0 Å². The van der Waals surface area contributed by atoms with Crippen molar-refractivity contribution in [2.24, 2.45) is 5.84 Å². The summed E-state index contributed by atoms with van der Waals surface area (Å²) in [5.41, 5.74) is 6.07. The van der Waals surface area contributed by atoms with Gasteiger partial charge in [-0.1, -0.05) is 0 Å². The molecule has 1 aromatic carbocycles. The molecule has 10 heavy (non-hydrogen) atoms. The Hall–Kier alpha value is -0.330. The molecular formula is C6H8IN3. The molecule has 0 bridgehead atoms. The van der Waals surface area contributed by atoms with E-state index in [1.165, 1.54) is 3.57 Å². The zero-order valence-corrected chi connectivity index (χ0v) is 7.42. The predicted octanol–water partition coefficient (Wildman–Crippen LogP) is 1.08. The molecule has 0 atom stereocenters. The molecule has 3 nitrogen and oxygen atoms in total. The van der Waals surface area contributed by atoms with Crippen LogP contribution in [0.4, 0.5) is 5.69 Å². The molecule has 4 N–H and O–H groups in total. The summed E-state index contributed by atoms with van der Waals surface area (Å²) in [6, 6.07) is 7.89. The van der Waals surface area contributed by atoms with Crippen LogP contribution in [0.5, 0.6) is 0 Å². The third-order valence-corrected chi connectivity index (χ3v) is 1.78. The fourth-order valence-corrected chi connectivity index (χ4v) is 0.976. The molecule has 0 heterocycles. The molecule has 54 valence electrons. The van der Waals surface area contributed by atoms with Crippen molar-refractivity contribution in [3.05, 3.63) is 27.8 Å². The van der Waals surface area contributed by atoms with Gasteiger partial charge in [-0.2, -0.15) is 5.53 Å². The first kappa shape index (κ1) is 7.77. The zero-order valence-electron chi connectivity index (χ0n) is 5.26. The van der Waals surface area contributed by atoms with Crippen molar-refractivity contribution in [2.75, 3.05) is 5.43 Å². The van der Waals surface area contributed by atoms with Gasteiger partial charge in [0.15, 0.2) is 0 Å². The second kappa shape index (κ2) is 3.75. The minimum atomic E-state index is 0.961. The van der Waals surface area contributed by atoms with Gasteiger partial charge in [-0.15, -0.1) is 0 Å². The normalized spacial score (nSPS) is 9.40. The van der Waals surface area contributed by atoms with Crippen LogP contribution in [0.1, 0.15) is 0 Å². The highest BCUT2D eigenvalue weighted by Gasteiger charge is 1.87. The maximum atomic E-state index is 5.04. The summed E-state index contributed by atoms with van der Waals surface area (Å²) in [6.45, 7) is 0. The van der Waals surface area contributed by atoms with E-state index < -0.39 is 0 Å². The number of hydrogen-bond acceptors (Lipinski definition) is 3. The Balaban J connectivity index is 2.69. The second-order valence-electron chi connectivity index (χ2n) is 1.78. The summed E-state index contributed by atoms with van der Waals surface area (Å²) in [4.78, 5) is 0. The Labute approximate surface area is 73.1 Å². The third kappa shape index (κ3) is 2.13. The van der Waals surface area contributed by atoms with Gasteiger partial charge in [-0.25, -0.2) is 0 Å². The number of hydrogen-bond donors (Lipinski definition) is 3. The van der Waals surface area contributed by atoms with Crippen LogP contribution >= 0.6 is 22.6 Å². The number of rotatable bonds is 2. The van der Waals surface area contributed by atoms with Crippen molar-refractivity contribution in [1.82, 2.24) is 5.53 Å². The number of hydrazine groups is 2. The molecule has 4 heteroatoms. The predicted molar refractivity (Wildman–Crippen MR) is 50.1 cm³/mol. The number of anilines is 1. The molecular weight excluding hydrogens is 241 g/mol. The quantitative estimate of drug-likeness (QED) is 0.417. The monoisotopic (exact) mass is 249 g/mol. The number of benzene rings is 1.